The van der Waals surface area contributed by atoms with Crippen LogP contribution >= 0.6 is 0 Å². The van der Waals surface area contributed by atoms with Crippen molar-refractivity contribution in [2.75, 3.05) is 0 Å². The van der Waals surface area contributed by atoms with Crippen LogP contribution in [0.1, 0.15) is 53.4 Å². The van der Waals surface area contributed by atoms with Gasteiger partial charge in [-0.15, -0.1) is 0 Å². The Morgan fingerprint density at radius 3 is 2.00 bits per heavy atom. The summed E-state index contributed by atoms with van der Waals surface area (Å²) >= 11 is 0. The Hall–Kier alpha value is -0.0551. The van der Waals surface area contributed by atoms with Gasteiger partial charge >= 0.3 is 7.12 Å². The summed E-state index contributed by atoms with van der Waals surface area (Å²) in [4.78, 5) is 0. The van der Waals surface area contributed by atoms with E-state index in [1.54, 1.807) is 0 Å². The van der Waals surface area contributed by atoms with Crippen LogP contribution < -0.4 is 5.73 Å². The summed E-state index contributed by atoms with van der Waals surface area (Å²) < 4.78 is 12.4. The van der Waals surface area contributed by atoms with Crippen LogP contribution in [0.5, 0.6) is 0 Å². The highest BCUT2D eigenvalue weighted by molar-refractivity contribution is 6.48. The monoisotopic (exact) mass is 251 g/mol. The zero-order chi connectivity index (χ0) is 13.1. The van der Waals surface area contributed by atoms with Gasteiger partial charge in [-0.3, -0.25) is 0 Å². The molecule has 4 atom stereocenters. The van der Waals surface area contributed by atoms with Gasteiger partial charge in [-0.2, -0.15) is 0 Å². The maximum atomic E-state index is 6.37. The topological polar surface area (TPSA) is 44.5 Å². The molecule has 4 heteroatoms. The van der Waals surface area contributed by atoms with E-state index in [9.17, 15) is 0 Å². The second kappa shape index (κ2) is 3.97. The average molecular weight is 251 g/mol. The van der Waals surface area contributed by atoms with E-state index < -0.39 is 0 Å². The van der Waals surface area contributed by atoms with E-state index >= 15 is 0 Å². The smallest absolute Gasteiger partial charge is 0.403 e. The Labute approximate surface area is 111 Å². The van der Waals surface area contributed by atoms with Crippen LogP contribution in [0.25, 0.3) is 0 Å². The van der Waals surface area contributed by atoms with Gasteiger partial charge in [-0.05, 0) is 46.0 Å². The number of nitrogens with two attached hydrogens (primary N) is 1. The molecule has 1 heterocycles. The van der Waals surface area contributed by atoms with Gasteiger partial charge in [-0.25, -0.2) is 0 Å². The van der Waals surface area contributed by atoms with E-state index in [4.69, 9.17) is 15.0 Å². The second-order valence-electron chi connectivity index (χ2n) is 7.39. The fourth-order valence-corrected chi connectivity index (χ4v) is 4.00. The van der Waals surface area contributed by atoms with Crippen LogP contribution in [0.3, 0.4) is 0 Å². The van der Waals surface area contributed by atoms with Crippen molar-refractivity contribution in [1.82, 2.24) is 0 Å². The summed E-state index contributed by atoms with van der Waals surface area (Å²) in [5.74, 6) is 1.88. The minimum atomic E-state index is -0.225. The van der Waals surface area contributed by atoms with Crippen molar-refractivity contribution in [3.8, 4) is 0 Å². The molecule has 0 aromatic rings. The minimum Gasteiger partial charge on any atom is -0.403 e. The van der Waals surface area contributed by atoms with Crippen LogP contribution in [0.2, 0.25) is 5.82 Å². The Balaban J connectivity index is 1.74. The van der Waals surface area contributed by atoms with Gasteiger partial charge < -0.3 is 15.0 Å². The molecule has 0 amide bonds. The van der Waals surface area contributed by atoms with Gasteiger partial charge in [0, 0.05) is 11.9 Å². The predicted octanol–water partition coefficient (Wildman–Crippen LogP) is 2.60. The Kier molecular flexibility index (Phi) is 2.86. The molecule has 3 fully saturated rings. The molecule has 2 saturated carbocycles. The first-order chi connectivity index (χ1) is 8.33. The van der Waals surface area contributed by atoms with Gasteiger partial charge in [0.1, 0.15) is 0 Å². The van der Waals surface area contributed by atoms with Crippen LogP contribution in [0.4, 0.5) is 0 Å². The standard InChI is InChI=1S/C14H26BNO2/c1-13(2)14(3,4)18-15(17-13)11-9-7-5-6-8-10(9)12(11)16/h9-12H,5-8,16H2,1-4H3/t9?,10-,11?,12?/m0/s1. The molecule has 0 aromatic heterocycles. The minimum absolute atomic E-state index is 0.0932. The van der Waals surface area contributed by atoms with Gasteiger partial charge in [0.15, 0.2) is 0 Å². The maximum Gasteiger partial charge on any atom is 0.463 e. The summed E-state index contributed by atoms with van der Waals surface area (Å²) in [7, 11) is -0.0932. The first kappa shape index (κ1) is 13.0. The quantitative estimate of drug-likeness (QED) is 0.728. The summed E-state index contributed by atoms with van der Waals surface area (Å²) in [5, 5.41) is 0. The molecule has 1 saturated heterocycles. The van der Waals surface area contributed by atoms with Crippen molar-refractivity contribution in [1.29, 1.82) is 0 Å². The van der Waals surface area contributed by atoms with E-state index in [0.29, 0.717) is 5.82 Å². The molecule has 3 nitrogen and oxygen atoms in total. The van der Waals surface area contributed by atoms with Crippen LogP contribution in [-0.2, 0) is 9.31 Å². The lowest BCUT2D eigenvalue weighted by atomic mass is 9.44. The van der Waals surface area contributed by atoms with E-state index in [0.717, 1.165) is 11.8 Å². The van der Waals surface area contributed by atoms with E-state index in [2.05, 4.69) is 27.7 Å². The molecular weight excluding hydrogens is 225 g/mol. The zero-order valence-electron chi connectivity index (χ0n) is 12.1. The Bertz CT molecular complexity index is 329. The van der Waals surface area contributed by atoms with E-state index in [-0.39, 0.29) is 24.4 Å². The lowest BCUT2D eigenvalue weighted by Gasteiger charge is -2.53. The number of rotatable bonds is 1. The Morgan fingerprint density at radius 1 is 0.944 bits per heavy atom. The largest absolute Gasteiger partial charge is 0.463 e. The summed E-state index contributed by atoms with van der Waals surface area (Å²) in [6, 6.07) is 0.282. The third-order valence-corrected chi connectivity index (χ3v) is 5.89. The molecule has 0 spiro atoms. The highest BCUT2D eigenvalue weighted by atomic mass is 16.7. The first-order valence-electron chi connectivity index (χ1n) is 7.45. The molecule has 3 unspecified atom stereocenters. The fourth-order valence-electron chi connectivity index (χ4n) is 4.00. The van der Waals surface area contributed by atoms with Crippen molar-refractivity contribution in [2.24, 2.45) is 17.6 Å². The van der Waals surface area contributed by atoms with Crippen molar-refractivity contribution < 1.29 is 9.31 Å². The number of hydrogen-bond donors (Lipinski definition) is 1. The lowest BCUT2D eigenvalue weighted by molar-refractivity contribution is 0.00578. The third-order valence-electron chi connectivity index (χ3n) is 5.89. The zero-order valence-corrected chi connectivity index (χ0v) is 12.1. The molecule has 0 aromatic carbocycles. The molecule has 102 valence electrons. The summed E-state index contributed by atoms with van der Waals surface area (Å²) in [6.07, 6.45) is 5.32. The van der Waals surface area contributed by atoms with Crippen LogP contribution in [0, 0.1) is 11.8 Å². The molecule has 0 bridgehead atoms. The first-order valence-corrected chi connectivity index (χ1v) is 7.45. The molecule has 2 aliphatic carbocycles. The lowest BCUT2D eigenvalue weighted by Crippen LogP contribution is -2.59. The average Bonchev–Trinajstić information content (AvgIpc) is 2.47. The highest BCUT2D eigenvalue weighted by Gasteiger charge is 2.62. The number of hydrogen-bond acceptors (Lipinski definition) is 3. The van der Waals surface area contributed by atoms with E-state index in [1.807, 2.05) is 0 Å². The van der Waals surface area contributed by atoms with Gasteiger partial charge in [0.2, 0.25) is 0 Å². The van der Waals surface area contributed by atoms with Crippen molar-refractivity contribution in [3.05, 3.63) is 0 Å². The fraction of sp³-hybridized carbons (Fsp3) is 1.00. The maximum absolute atomic E-state index is 6.37. The van der Waals surface area contributed by atoms with Gasteiger partial charge in [0.05, 0.1) is 11.2 Å². The van der Waals surface area contributed by atoms with Crippen molar-refractivity contribution >= 4 is 7.12 Å². The van der Waals surface area contributed by atoms with Crippen LogP contribution in [-0.4, -0.2) is 24.4 Å². The third kappa shape index (κ3) is 1.69. The Morgan fingerprint density at radius 2 is 1.44 bits per heavy atom. The second-order valence-corrected chi connectivity index (χ2v) is 7.39. The molecule has 1 aliphatic heterocycles. The highest BCUT2D eigenvalue weighted by Crippen LogP contribution is 2.56. The van der Waals surface area contributed by atoms with Crippen molar-refractivity contribution in [2.45, 2.75) is 76.4 Å². The summed E-state index contributed by atoms with van der Waals surface area (Å²) in [5.41, 5.74) is 5.92. The predicted molar refractivity (Wildman–Crippen MR) is 73.3 cm³/mol. The van der Waals surface area contributed by atoms with Crippen molar-refractivity contribution in [3.63, 3.8) is 0 Å². The van der Waals surface area contributed by atoms with Crippen LogP contribution in [0.15, 0.2) is 0 Å². The molecule has 3 aliphatic rings. The normalized spacial score (nSPS) is 45.5. The van der Waals surface area contributed by atoms with E-state index in [1.165, 1.54) is 25.7 Å². The molecule has 18 heavy (non-hydrogen) atoms. The van der Waals surface area contributed by atoms with Gasteiger partial charge in [0.25, 0.3) is 0 Å². The number of fused-ring (bicyclic) bond motifs is 1. The molecular formula is C14H26BNO2. The summed E-state index contributed by atoms with van der Waals surface area (Å²) in [6.45, 7) is 8.48. The molecule has 0 radical (unpaired) electrons. The molecule has 3 rings (SSSR count). The molecule has 2 N–H and O–H groups in total. The van der Waals surface area contributed by atoms with Gasteiger partial charge in [-0.1, -0.05) is 19.3 Å². The SMILES string of the molecule is CC1(C)OB(C2C(N)[C@H]3CCCCC23)OC1(C)C.